The molecular weight excluding hydrogens is 416 g/mol. The lowest BCUT2D eigenvalue weighted by Crippen LogP contribution is -2.08. The molecule has 0 spiro atoms. The van der Waals surface area contributed by atoms with Crippen LogP contribution in [0.15, 0.2) is 0 Å². The Labute approximate surface area is 194 Å². The number of hydrogen-bond donors (Lipinski definition) is 2. The van der Waals surface area contributed by atoms with E-state index in [1.807, 2.05) is 21.6 Å². The number of unbranched alkanes of at least 4 members (excludes halogenated alkanes) is 14. The number of rotatable bonds is 24. The van der Waals surface area contributed by atoms with Gasteiger partial charge in [-0.05, 0) is 22.7 Å². The van der Waals surface area contributed by atoms with Gasteiger partial charge in [0.05, 0.1) is 13.2 Å². The SMILES string of the molecule is CCCCCCCCCCC(CO)SSSC(CO)CCCCCCCCCC. The van der Waals surface area contributed by atoms with Crippen molar-refractivity contribution in [3.63, 3.8) is 0 Å². The van der Waals surface area contributed by atoms with Crippen LogP contribution in [0.4, 0.5) is 0 Å². The van der Waals surface area contributed by atoms with Gasteiger partial charge >= 0.3 is 0 Å². The van der Waals surface area contributed by atoms with Gasteiger partial charge in [-0.3, -0.25) is 0 Å². The van der Waals surface area contributed by atoms with Crippen LogP contribution in [-0.4, -0.2) is 33.9 Å². The fourth-order valence-electron chi connectivity index (χ4n) is 3.49. The minimum absolute atomic E-state index is 0.274. The van der Waals surface area contributed by atoms with Gasteiger partial charge in [-0.25, -0.2) is 0 Å². The summed E-state index contributed by atoms with van der Waals surface area (Å²) in [6.07, 6.45) is 23.7. The lowest BCUT2D eigenvalue weighted by Gasteiger charge is -2.16. The molecule has 0 amide bonds. The molecule has 176 valence electrons. The highest BCUT2D eigenvalue weighted by molar-refractivity contribution is 9.09. The standard InChI is InChI=1S/C24H50O2S3/c1-3-5-7-9-11-13-15-17-19-23(21-25)27-29-28-24(22-26)20-18-16-14-12-10-8-6-4-2/h23-26H,3-22H2,1-2H3. The van der Waals surface area contributed by atoms with E-state index in [2.05, 4.69) is 13.8 Å². The summed E-state index contributed by atoms with van der Waals surface area (Å²) in [6, 6.07) is 0. The zero-order chi connectivity index (χ0) is 21.4. The maximum atomic E-state index is 9.63. The van der Waals surface area contributed by atoms with E-state index in [0.29, 0.717) is 10.5 Å². The van der Waals surface area contributed by atoms with E-state index in [1.165, 1.54) is 103 Å². The van der Waals surface area contributed by atoms with Gasteiger partial charge in [0.15, 0.2) is 0 Å². The van der Waals surface area contributed by atoms with E-state index in [9.17, 15) is 10.2 Å². The van der Waals surface area contributed by atoms with Crippen molar-refractivity contribution in [3.8, 4) is 0 Å². The number of aliphatic hydroxyl groups is 2. The molecule has 0 aromatic carbocycles. The third kappa shape index (κ3) is 22.0. The second kappa shape index (κ2) is 25.2. The minimum atomic E-state index is 0.274. The Morgan fingerprint density at radius 1 is 0.483 bits per heavy atom. The summed E-state index contributed by atoms with van der Waals surface area (Å²) in [5.74, 6) is 0. The Hall–Kier alpha value is 0.970. The van der Waals surface area contributed by atoms with Crippen molar-refractivity contribution in [2.24, 2.45) is 0 Å². The van der Waals surface area contributed by atoms with Crippen molar-refractivity contribution in [1.29, 1.82) is 0 Å². The molecule has 2 unspecified atom stereocenters. The van der Waals surface area contributed by atoms with E-state index in [0.717, 1.165) is 12.8 Å². The zero-order valence-electron chi connectivity index (χ0n) is 19.4. The average molecular weight is 467 g/mol. The second-order valence-corrected chi connectivity index (χ2v) is 13.0. The number of aliphatic hydroxyl groups excluding tert-OH is 2. The Balaban J connectivity index is 3.58. The molecule has 2 nitrogen and oxygen atoms in total. The topological polar surface area (TPSA) is 40.5 Å². The van der Waals surface area contributed by atoms with Crippen LogP contribution in [0.1, 0.15) is 129 Å². The first kappa shape index (κ1) is 30.0. The predicted molar refractivity (Wildman–Crippen MR) is 139 cm³/mol. The lowest BCUT2D eigenvalue weighted by molar-refractivity contribution is 0.288. The monoisotopic (exact) mass is 466 g/mol. The smallest absolute Gasteiger partial charge is 0.0558 e. The Bertz CT molecular complexity index is 278. The summed E-state index contributed by atoms with van der Waals surface area (Å²) in [5, 5.41) is 20.0. The third-order valence-corrected chi connectivity index (χ3v) is 10.5. The molecular formula is C24H50O2S3. The van der Waals surface area contributed by atoms with Gasteiger partial charge in [0.25, 0.3) is 0 Å². The molecule has 5 heteroatoms. The van der Waals surface area contributed by atoms with Crippen LogP contribution in [-0.2, 0) is 0 Å². The average Bonchev–Trinajstić information content (AvgIpc) is 2.74. The summed E-state index contributed by atoms with van der Waals surface area (Å²) >= 11 is 0. The van der Waals surface area contributed by atoms with E-state index >= 15 is 0 Å². The van der Waals surface area contributed by atoms with Crippen LogP contribution in [0, 0.1) is 0 Å². The molecule has 0 fully saturated rings. The Kier molecular flexibility index (Phi) is 26.1. The molecule has 0 aliphatic rings. The first-order valence-electron chi connectivity index (χ1n) is 12.5. The molecule has 0 aliphatic heterocycles. The van der Waals surface area contributed by atoms with Crippen molar-refractivity contribution in [2.75, 3.05) is 13.2 Å². The highest BCUT2D eigenvalue weighted by Gasteiger charge is 2.13. The highest BCUT2D eigenvalue weighted by Crippen LogP contribution is 2.42. The molecule has 0 aliphatic carbocycles. The van der Waals surface area contributed by atoms with Gasteiger partial charge in [0.2, 0.25) is 0 Å². The van der Waals surface area contributed by atoms with Gasteiger partial charge in [0, 0.05) is 10.5 Å². The van der Waals surface area contributed by atoms with E-state index in [-0.39, 0.29) is 13.2 Å². The van der Waals surface area contributed by atoms with Crippen LogP contribution in [0.25, 0.3) is 0 Å². The Morgan fingerprint density at radius 3 is 1.10 bits per heavy atom. The van der Waals surface area contributed by atoms with Gasteiger partial charge < -0.3 is 10.2 Å². The van der Waals surface area contributed by atoms with Gasteiger partial charge in [-0.2, -0.15) is 0 Å². The molecule has 0 saturated heterocycles. The molecule has 2 N–H and O–H groups in total. The summed E-state index contributed by atoms with van der Waals surface area (Å²) in [7, 11) is 5.41. The molecule has 0 aromatic heterocycles. The zero-order valence-corrected chi connectivity index (χ0v) is 21.9. The normalized spacial score (nSPS) is 13.7. The first-order valence-corrected chi connectivity index (χ1v) is 16.1. The fourth-order valence-corrected chi connectivity index (χ4v) is 8.55. The maximum Gasteiger partial charge on any atom is 0.0558 e. The predicted octanol–water partition coefficient (Wildman–Crippen LogP) is 8.80. The fraction of sp³-hybridized carbons (Fsp3) is 1.00. The molecule has 0 saturated carbocycles. The van der Waals surface area contributed by atoms with Crippen LogP contribution in [0.2, 0.25) is 0 Å². The maximum absolute atomic E-state index is 9.63. The van der Waals surface area contributed by atoms with Crippen LogP contribution < -0.4 is 0 Å². The quantitative estimate of drug-likeness (QED) is 0.110. The van der Waals surface area contributed by atoms with Gasteiger partial charge in [0.1, 0.15) is 0 Å². The van der Waals surface area contributed by atoms with Crippen LogP contribution in [0.3, 0.4) is 0 Å². The van der Waals surface area contributed by atoms with Crippen molar-refractivity contribution in [1.82, 2.24) is 0 Å². The highest BCUT2D eigenvalue weighted by atomic mass is 33.5. The molecule has 29 heavy (non-hydrogen) atoms. The van der Waals surface area contributed by atoms with Gasteiger partial charge in [-0.1, -0.05) is 138 Å². The van der Waals surface area contributed by atoms with Crippen LogP contribution in [0.5, 0.6) is 0 Å². The molecule has 0 bridgehead atoms. The summed E-state index contributed by atoms with van der Waals surface area (Å²) in [5.41, 5.74) is 0. The molecule has 2 atom stereocenters. The van der Waals surface area contributed by atoms with Crippen molar-refractivity contribution in [2.45, 2.75) is 140 Å². The molecule has 0 aromatic rings. The van der Waals surface area contributed by atoms with E-state index in [4.69, 9.17) is 0 Å². The summed E-state index contributed by atoms with van der Waals surface area (Å²) < 4.78 is 0. The third-order valence-electron chi connectivity index (χ3n) is 5.52. The van der Waals surface area contributed by atoms with Crippen molar-refractivity contribution >= 4 is 31.4 Å². The van der Waals surface area contributed by atoms with Crippen molar-refractivity contribution in [3.05, 3.63) is 0 Å². The van der Waals surface area contributed by atoms with Crippen molar-refractivity contribution < 1.29 is 10.2 Å². The largest absolute Gasteiger partial charge is 0.395 e. The molecule has 0 rings (SSSR count). The molecule has 0 radical (unpaired) electrons. The van der Waals surface area contributed by atoms with Crippen LogP contribution >= 0.6 is 31.4 Å². The number of hydrogen-bond acceptors (Lipinski definition) is 5. The Morgan fingerprint density at radius 2 is 0.793 bits per heavy atom. The second-order valence-electron chi connectivity index (χ2n) is 8.40. The minimum Gasteiger partial charge on any atom is -0.395 e. The molecule has 0 heterocycles. The summed E-state index contributed by atoms with van der Waals surface area (Å²) in [6.45, 7) is 5.08. The summed E-state index contributed by atoms with van der Waals surface area (Å²) in [4.78, 5) is 0. The van der Waals surface area contributed by atoms with Gasteiger partial charge in [-0.15, -0.1) is 0 Å². The first-order chi connectivity index (χ1) is 14.3. The van der Waals surface area contributed by atoms with E-state index < -0.39 is 0 Å². The van der Waals surface area contributed by atoms with E-state index in [1.54, 1.807) is 9.83 Å². The lowest BCUT2D eigenvalue weighted by atomic mass is 10.1.